The molecule has 0 radical (unpaired) electrons. The number of carbonyl (C=O) groups is 1. The molecule has 0 aliphatic carbocycles. The highest BCUT2D eigenvalue weighted by Gasteiger charge is 2.13. The molecule has 4 aromatic rings. The first-order valence-corrected chi connectivity index (χ1v) is 8.82. The van der Waals surface area contributed by atoms with E-state index in [0.29, 0.717) is 22.2 Å². The number of benzene rings is 3. The second kappa shape index (κ2) is 6.65. The van der Waals surface area contributed by atoms with Crippen LogP contribution < -0.4 is 14.8 Å². The number of thiazole rings is 1. The van der Waals surface area contributed by atoms with Gasteiger partial charge < -0.3 is 9.47 Å². The monoisotopic (exact) mass is 364 g/mol. The van der Waals surface area contributed by atoms with Crippen molar-refractivity contribution < 1.29 is 14.3 Å². The van der Waals surface area contributed by atoms with Gasteiger partial charge in [0.15, 0.2) is 5.13 Å². The van der Waals surface area contributed by atoms with Crippen molar-refractivity contribution in [1.29, 1.82) is 0 Å². The van der Waals surface area contributed by atoms with Crippen LogP contribution in [0.4, 0.5) is 5.13 Å². The lowest BCUT2D eigenvalue weighted by Gasteiger charge is -2.07. The molecular weight excluding hydrogens is 348 g/mol. The molecule has 0 saturated carbocycles. The molecule has 0 aliphatic heterocycles. The molecule has 130 valence electrons. The molecule has 1 N–H and O–H groups in total. The number of aromatic nitrogens is 1. The predicted molar refractivity (Wildman–Crippen MR) is 105 cm³/mol. The highest BCUT2D eigenvalue weighted by atomic mass is 32.1. The van der Waals surface area contributed by atoms with E-state index in [4.69, 9.17) is 9.47 Å². The topological polar surface area (TPSA) is 60.5 Å². The number of hydrogen-bond donors (Lipinski definition) is 1. The van der Waals surface area contributed by atoms with Gasteiger partial charge in [-0.3, -0.25) is 10.1 Å². The molecule has 6 heteroatoms. The number of anilines is 1. The number of nitrogens with zero attached hydrogens (tertiary/aromatic N) is 1. The number of ether oxygens (including phenoxy) is 2. The largest absolute Gasteiger partial charge is 0.497 e. The normalized spacial score (nSPS) is 10.8. The Hall–Kier alpha value is -3.12. The minimum absolute atomic E-state index is 0.259. The van der Waals surface area contributed by atoms with E-state index in [9.17, 15) is 4.79 Å². The van der Waals surface area contributed by atoms with Gasteiger partial charge in [-0.25, -0.2) is 4.98 Å². The number of nitrogens with one attached hydrogen (secondary N) is 1. The quantitative estimate of drug-likeness (QED) is 0.569. The van der Waals surface area contributed by atoms with Crippen molar-refractivity contribution in [2.24, 2.45) is 0 Å². The first-order valence-electron chi connectivity index (χ1n) is 8.00. The Morgan fingerprint density at radius 2 is 1.73 bits per heavy atom. The minimum Gasteiger partial charge on any atom is -0.497 e. The SMILES string of the molecule is COc1cc(OC)cc(C(=O)Nc2nc3ccc4ccccc4c3s2)c1. The van der Waals surface area contributed by atoms with Crippen molar-refractivity contribution in [3.63, 3.8) is 0 Å². The fraction of sp³-hybridized carbons (Fsp3) is 0.100. The van der Waals surface area contributed by atoms with E-state index in [1.54, 1.807) is 32.4 Å². The Kier molecular flexibility index (Phi) is 4.18. The second-order valence-electron chi connectivity index (χ2n) is 5.71. The molecule has 0 bridgehead atoms. The average Bonchev–Trinajstić information content (AvgIpc) is 3.10. The second-order valence-corrected chi connectivity index (χ2v) is 6.71. The van der Waals surface area contributed by atoms with Crippen molar-refractivity contribution in [3.05, 3.63) is 60.2 Å². The Bertz CT molecular complexity index is 1100. The van der Waals surface area contributed by atoms with E-state index in [2.05, 4.69) is 22.4 Å². The maximum absolute atomic E-state index is 12.6. The van der Waals surface area contributed by atoms with Crippen molar-refractivity contribution >= 4 is 43.4 Å². The van der Waals surface area contributed by atoms with Crippen molar-refractivity contribution in [2.75, 3.05) is 19.5 Å². The van der Waals surface area contributed by atoms with Crippen LogP contribution in [-0.4, -0.2) is 25.1 Å². The van der Waals surface area contributed by atoms with Gasteiger partial charge in [0, 0.05) is 17.0 Å². The van der Waals surface area contributed by atoms with Crippen LogP contribution in [0, 0.1) is 0 Å². The van der Waals surface area contributed by atoms with Crippen molar-refractivity contribution in [1.82, 2.24) is 4.98 Å². The Morgan fingerprint density at radius 3 is 2.46 bits per heavy atom. The number of methoxy groups -OCH3 is 2. The summed E-state index contributed by atoms with van der Waals surface area (Å²) in [5.74, 6) is 0.861. The van der Waals surface area contributed by atoms with Crippen LogP contribution in [0.15, 0.2) is 54.6 Å². The molecule has 0 aliphatic rings. The fourth-order valence-electron chi connectivity index (χ4n) is 2.82. The van der Waals surface area contributed by atoms with Crippen LogP contribution in [0.5, 0.6) is 11.5 Å². The number of hydrogen-bond acceptors (Lipinski definition) is 5. The summed E-state index contributed by atoms with van der Waals surface area (Å²) in [6, 6.07) is 17.2. The molecule has 0 unspecified atom stereocenters. The Balaban J connectivity index is 1.69. The van der Waals surface area contributed by atoms with E-state index in [1.807, 2.05) is 24.3 Å². The number of amides is 1. The smallest absolute Gasteiger partial charge is 0.257 e. The third-order valence-electron chi connectivity index (χ3n) is 4.11. The summed E-state index contributed by atoms with van der Waals surface area (Å²) in [6.45, 7) is 0. The summed E-state index contributed by atoms with van der Waals surface area (Å²) < 4.78 is 11.5. The van der Waals surface area contributed by atoms with E-state index in [0.717, 1.165) is 21.0 Å². The van der Waals surface area contributed by atoms with Gasteiger partial charge in [-0.1, -0.05) is 41.7 Å². The summed E-state index contributed by atoms with van der Waals surface area (Å²) in [7, 11) is 3.10. The molecule has 0 fully saturated rings. The summed E-state index contributed by atoms with van der Waals surface area (Å²) in [4.78, 5) is 17.2. The first kappa shape index (κ1) is 16.4. The zero-order valence-corrected chi connectivity index (χ0v) is 15.1. The molecule has 5 nitrogen and oxygen atoms in total. The maximum Gasteiger partial charge on any atom is 0.257 e. The lowest BCUT2D eigenvalue weighted by Crippen LogP contribution is -2.12. The van der Waals surface area contributed by atoms with Crippen LogP contribution in [0.25, 0.3) is 21.0 Å². The molecule has 26 heavy (non-hydrogen) atoms. The molecule has 0 atom stereocenters. The summed E-state index contributed by atoms with van der Waals surface area (Å²) >= 11 is 1.46. The lowest BCUT2D eigenvalue weighted by molar-refractivity contribution is 0.102. The van der Waals surface area contributed by atoms with Crippen LogP contribution in [0.3, 0.4) is 0 Å². The molecule has 1 amide bonds. The average molecular weight is 364 g/mol. The number of rotatable bonds is 4. The predicted octanol–water partition coefficient (Wildman–Crippen LogP) is 4.72. The van der Waals surface area contributed by atoms with Crippen molar-refractivity contribution in [3.8, 4) is 11.5 Å². The Labute approximate surface area is 154 Å². The number of fused-ring (bicyclic) bond motifs is 3. The zero-order valence-electron chi connectivity index (χ0n) is 14.3. The van der Waals surface area contributed by atoms with Gasteiger partial charge in [-0.05, 0) is 23.6 Å². The molecule has 0 saturated heterocycles. The van der Waals surface area contributed by atoms with Gasteiger partial charge in [0.2, 0.25) is 0 Å². The standard InChI is InChI=1S/C20H16N2O3S/c1-24-14-9-13(10-15(11-14)25-2)19(23)22-20-21-17-8-7-12-5-3-4-6-16(12)18(17)26-20/h3-11H,1-2H3,(H,21,22,23). The van der Waals surface area contributed by atoms with Crippen LogP contribution >= 0.6 is 11.3 Å². The third-order valence-corrected chi connectivity index (χ3v) is 5.13. The van der Waals surface area contributed by atoms with Gasteiger partial charge in [0.25, 0.3) is 5.91 Å². The van der Waals surface area contributed by atoms with Crippen LogP contribution in [-0.2, 0) is 0 Å². The van der Waals surface area contributed by atoms with E-state index in [-0.39, 0.29) is 5.91 Å². The third kappa shape index (κ3) is 2.95. The molecule has 0 spiro atoms. The summed E-state index contributed by atoms with van der Waals surface area (Å²) in [6.07, 6.45) is 0. The van der Waals surface area contributed by atoms with Gasteiger partial charge >= 0.3 is 0 Å². The highest BCUT2D eigenvalue weighted by molar-refractivity contribution is 7.23. The van der Waals surface area contributed by atoms with Crippen LogP contribution in [0.1, 0.15) is 10.4 Å². The van der Waals surface area contributed by atoms with Gasteiger partial charge in [-0.2, -0.15) is 0 Å². The molecule has 1 heterocycles. The van der Waals surface area contributed by atoms with Crippen LogP contribution in [0.2, 0.25) is 0 Å². The molecule has 1 aromatic heterocycles. The van der Waals surface area contributed by atoms with Gasteiger partial charge in [0.1, 0.15) is 11.5 Å². The van der Waals surface area contributed by atoms with E-state index in [1.165, 1.54) is 11.3 Å². The first-order chi connectivity index (χ1) is 12.7. The Morgan fingerprint density at radius 1 is 1.00 bits per heavy atom. The highest BCUT2D eigenvalue weighted by Crippen LogP contribution is 2.33. The zero-order chi connectivity index (χ0) is 18.1. The maximum atomic E-state index is 12.6. The molecule has 4 rings (SSSR count). The fourth-order valence-corrected chi connectivity index (χ4v) is 3.81. The number of carbonyl (C=O) groups excluding carboxylic acids is 1. The van der Waals surface area contributed by atoms with Gasteiger partial charge in [-0.15, -0.1) is 0 Å². The molecular formula is C20H16N2O3S. The van der Waals surface area contributed by atoms with E-state index < -0.39 is 0 Å². The van der Waals surface area contributed by atoms with E-state index >= 15 is 0 Å². The van der Waals surface area contributed by atoms with Crippen molar-refractivity contribution in [2.45, 2.75) is 0 Å². The van der Waals surface area contributed by atoms with Gasteiger partial charge in [0.05, 0.1) is 24.4 Å². The summed E-state index contributed by atoms with van der Waals surface area (Å²) in [5, 5.41) is 5.71. The summed E-state index contributed by atoms with van der Waals surface area (Å²) in [5.41, 5.74) is 1.32. The molecule has 3 aromatic carbocycles. The lowest BCUT2D eigenvalue weighted by atomic mass is 10.1. The minimum atomic E-state index is -0.259.